The third-order valence-electron chi connectivity index (χ3n) is 4.13. The van der Waals surface area contributed by atoms with Crippen molar-refractivity contribution in [1.82, 2.24) is 4.90 Å². The molecule has 0 aliphatic carbocycles. The first-order valence-electron chi connectivity index (χ1n) is 8.14. The van der Waals surface area contributed by atoms with Gasteiger partial charge in [-0.3, -0.25) is 24.6 Å². The molecule has 3 rings (SSSR count). The minimum atomic E-state index is -0.482. The van der Waals surface area contributed by atoms with E-state index in [4.69, 9.17) is 12.2 Å². The van der Waals surface area contributed by atoms with Gasteiger partial charge in [0, 0.05) is 30.4 Å². The molecule has 2 aromatic rings. The second kappa shape index (κ2) is 7.91. The average Bonchev–Trinajstić information content (AvgIpc) is 2.90. The fraction of sp³-hybridized carbons (Fsp3) is 0.105. The number of thioether (sulfide) groups is 1. The van der Waals surface area contributed by atoms with E-state index >= 15 is 0 Å². The molecule has 1 heterocycles. The van der Waals surface area contributed by atoms with Crippen LogP contribution in [0.4, 0.5) is 11.4 Å². The number of anilines is 1. The maximum Gasteiger partial charge on any atom is 0.269 e. The number of nitro groups is 1. The molecule has 2 amide bonds. The summed E-state index contributed by atoms with van der Waals surface area (Å²) < 4.78 is 0.505. The summed E-state index contributed by atoms with van der Waals surface area (Å²) >= 11 is 6.33. The second-order valence-electron chi connectivity index (χ2n) is 6.07. The summed E-state index contributed by atoms with van der Waals surface area (Å²) in [5.41, 5.74) is 2.28. The van der Waals surface area contributed by atoms with Crippen molar-refractivity contribution in [2.45, 2.75) is 6.92 Å². The number of rotatable bonds is 4. The van der Waals surface area contributed by atoms with Gasteiger partial charge in [0.25, 0.3) is 17.5 Å². The van der Waals surface area contributed by atoms with Gasteiger partial charge in [0.2, 0.25) is 0 Å². The molecule has 0 bridgehead atoms. The lowest BCUT2D eigenvalue weighted by molar-refractivity contribution is -0.384. The number of carbonyl (C=O) groups excluding carboxylic acids is 2. The highest BCUT2D eigenvalue weighted by Gasteiger charge is 2.28. The van der Waals surface area contributed by atoms with E-state index in [9.17, 15) is 19.7 Å². The number of aryl methyl sites for hydroxylation is 1. The third kappa shape index (κ3) is 4.10. The summed E-state index contributed by atoms with van der Waals surface area (Å²) in [5, 5.41) is 13.5. The van der Waals surface area contributed by atoms with E-state index in [1.54, 1.807) is 44.3 Å². The molecule has 1 N–H and O–H groups in total. The van der Waals surface area contributed by atoms with E-state index in [-0.39, 0.29) is 17.5 Å². The SMILES string of the molecule is Cc1cc([N+](=O)[O-])ccc1NC(=O)c1ccc(/C=C2/SC(=S)N(C)C2=O)cc1. The number of nitrogens with one attached hydrogen (secondary N) is 1. The quantitative estimate of drug-likeness (QED) is 0.353. The molecule has 142 valence electrons. The fourth-order valence-corrected chi connectivity index (χ4v) is 3.70. The Balaban J connectivity index is 1.73. The van der Waals surface area contributed by atoms with Crippen molar-refractivity contribution in [2.24, 2.45) is 0 Å². The van der Waals surface area contributed by atoms with Crippen LogP contribution in [-0.2, 0) is 4.79 Å². The van der Waals surface area contributed by atoms with Gasteiger partial charge in [0.1, 0.15) is 4.32 Å². The highest BCUT2D eigenvalue weighted by Crippen LogP contribution is 2.31. The van der Waals surface area contributed by atoms with Crippen molar-refractivity contribution in [2.75, 3.05) is 12.4 Å². The smallest absolute Gasteiger partial charge is 0.269 e. The molecule has 0 unspecified atom stereocenters. The fourth-order valence-electron chi connectivity index (χ4n) is 2.52. The van der Waals surface area contributed by atoms with Crippen LogP contribution in [0.25, 0.3) is 6.08 Å². The number of nitro benzene ring substituents is 1. The van der Waals surface area contributed by atoms with Crippen LogP contribution in [0.2, 0.25) is 0 Å². The normalized spacial score (nSPS) is 15.2. The number of nitrogens with zero attached hydrogens (tertiary/aromatic N) is 2. The van der Waals surface area contributed by atoms with Crippen molar-refractivity contribution >= 4 is 57.6 Å². The number of carbonyl (C=O) groups is 2. The summed E-state index contributed by atoms with van der Waals surface area (Å²) in [5.74, 6) is -0.478. The molecule has 0 saturated carbocycles. The van der Waals surface area contributed by atoms with E-state index in [0.29, 0.717) is 26.0 Å². The van der Waals surface area contributed by atoms with E-state index in [1.807, 2.05) is 0 Å². The number of hydrogen-bond donors (Lipinski definition) is 1. The van der Waals surface area contributed by atoms with Crippen LogP contribution in [0.5, 0.6) is 0 Å². The molecular formula is C19H15N3O4S2. The Kier molecular flexibility index (Phi) is 5.57. The first-order chi connectivity index (χ1) is 13.3. The number of benzene rings is 2. The lowest BCUT2D eigenvalue weighted by Crippen LogP contribution is -2.22. The summed E-state index contributed by atoms with van der Waals surface area (Å²) in [4.78, 5) is 36.7. The molecule has 1 aliphatic rings. The first kappa shape index (κ1) is 19.7. The van der Waals surface area contributed by atoms with Crippen LogP contribution < -0.4 is 5.32 Å². The Labute approximate surface area is 170 Å². The molecule has 9 heteroatoms. The van der Waals surface area contributed by atoms with E-state index in [2.05, 4.69) is 5.32 Å². The van der Waals surface area contributed by atoms with Gasteiger partial charge in [-0.15, -0.1) is 0 Å². The van der Waals surface area contributed by atoms with Gasteiger partial charge in [-0.2, -0.15) is 0 Å². The highest BCUT2D eigenvalue weighted by molar-refractivity contribution is 8.26. The van der Waals surface area contributed by atoms with Gasteiger partial charge in [-0.05, 0) is 42.3 Å². The van der Waals surface area contributed by atoms with Crippen molar-refractivity contribution in [3.63, 3.8) is 0 Å². The standard InChI is InChI=1S/C19H15N3O4S2/c1-11-9-14(22(25)26)7-8-15(11)20-17(23)13-5-3-12(4-6-13)10-16-18(24)21(2)19(27)28-16/h3-10H,1-2H3,(H,20,23)/b16-10+. The Morgan fingerprint density at radius 2 is 1.93 bits per heavy atom. The summed E-state index contributed by atoms with van der Waals surface area (Å²) in [6.07, 6.45) is 1.73. The number of non-ortho nitro benzene ring substituents is 1. The Bertz CT molecular complexity index is 1030. The number of likely N-dealkylation sites (N-methyl/N-ethyl adjacent to an activating group) is 1. The van der Waals surface area contributed by atoms with Crippen LogP contribution in [0.3, 0.4) is 0 Å². The maximum absolute atomic E-state index is 12.4. The molecule has 7 nitrogen and oxygen atoms in total. The van der Waals surface area contributed by atoms with Crippen LogP contribution in [0, 0.1) is 17.0 Å². The molecule has 0 atom stereocenters. The molecule has 2 aromatic carbocycles. The molecule has 0 aromatic heterocycles. The van der Waals surface area contributed by atoms with Gasteiger partial charge < -0.3 is 5.32 Å². The molecule has 0 radical (unpaired) electrons. The zero-order chi connectivity index (χ0) is 20.4. The number of amides is 2. The number of hydrogen-bond acceptors (Lipinski definition) is 6. The van der Waals surface area contributed by atoms with Gasteiger partial charge in [-0.25, -0.2) is 0 Å². The Morgan fingerprint density at radius 3 is 2.46 bits per heavy atom. The van der Waals surface area contributed by atoms with E-state index in [1.165, 1.54) is 34.9 Å². The molecule has 1 fully saturated rings. The zero-order valence-electron chi connectivity index (χ0n) is 15.0. The molecule has 1 saturated heterocycles. The summed E-state index contributed by atoms with van der Waals surface area (Å²) in [6.45, 7) is 1.69. The van der Waals surface area contributed by atoms with Crippen molar-refractivity contribution < 1.29 is 14.5 Å². The predicted octanol–water partition coefficient (Wildman–Crippen LogP) is 3.99. The van der Waals surface area contributed by atoms with Gasteiger partial charge in [0.05, 0.1) is 9.83 Å². The van der Waals surface area contributed by atoms with Gasteiger partial charge in [0.15, 0.2) is 0 Å². The summed E-state index contributed by atoms with van der Waals surface area (Å²) in [7, 11) is 1.63. The van der Waals surface area contributed by atoms with Crippen LogP contribution in [0.15, 0.2) is 47.4 Å². The number of thiocarbonyl (C=S) groups is 1. The van der Waals surface area contributed by atoms with Crippen LogP contribution in [-0.4, -0.2) is 33.0 Å². The first-order valence-corrected chi connectivity index (χ1v) is 9.37. The van der Waals surface area contributed by atoms with E-state index in [0.717, 1.165) is 5.56 Å². The minimum Gasteiger partial charge on any atom is -0.322 e. The Hall–Kier alpha value is -3.04. The molecule has 28 heavy (non-hydrogen) atoms. The molecule has 1 aliphatic heterocycles. The lowest BCUT2D eigenvalue weighted by Gasteiger charge is -2.08. The molecular weight excluding hydrogens is 398 g/mol. The zero-order valence-corrected chi connectivity index (χ0v) is 16.6. The third-order valence-corrected chi connectivity index (χ3v) is 5.61. The maximum atomic E-state index is 12.4. The van der Waals surface area contributed by atoms with Crippen LogP contribution >= 0.6 is 24.0 Å². The average molecular weight is 413 g/mol. The van der Waals surface area contributed by atoms with Gasteiger partial charge >= 0.3 is 0 Å². The van der Waals surface area contributed by atoms with E-state index < -0.39 is 4.92 Å². The predicted molar refractivity (Wildman–Crippen MR) is 113 cm³/mol. The van der Waals surface area contributed by atoms with Gasteiger partial charge in [-0.1, -0.05) is 36.1 Å². The summed E-state index contributed by atoms with van der Waals surface area (Å²) in [6, 6.07) is 11.0. The minimum absolute atomic E-state index is 0.0302. The molecule has 0 spiro atoms. The second-order valence-corrected chi connectivity index (χ2v) is 7.75. The lowest BCUT2D eigenvalue weighted by atomic mass is 10.1. The Morgan fingerprint density at radius 1 is 1.25 bits per heavy atom. The highest BCUT2D eigenvalue weighted by atomic mass is 32.2. The van der Waals surface area contributed by atoms with Crippen molar-refractivity contribution in [3.8, 4) is 0 Å². The monoisotopic (exact) mass is 413 g/mol. The topological polar surface area (TPSA) is 92.6 Å². The van der Waals surface area contributed by atoms with Crippen molar-refractivity contribution in [3.05, 3.63) is 74.2 Å². The largest absolute Gasteiger partial charge is 0.322 e. The van der Waals surface area contributed by atoms with Crippen molar-refractivity contribution in [1.29, 1.82) is 0 Å². The van der Waals surface area contributed by atoms with Crippen LogP contribution in [0.1, 0.15) is 21.5 Å².